The fraction of sp³-hybridized carbons (Fsp3) is 0.583. The Bertz CT molecular complexity index is 903. The van der Waals surface area contributed by atoms with Crippen molar-refractivity contribution in [1.82, 2.24) is 0 Å². The number of carbonyl (C=O) groups excluding carboxylic acids is 1. The molecule has 0 radical (unpaired) electrons. The van der Waals surface area contributed by atoms with E-state index in [1.807, 2.05) is 66.4 Å². The number of rotatable bonds is 24. The van der Waals surface area contributed by atoms with Gasteiger partial charge in [-0.1, -0.05) is 128 Å². The van der Waals surface area contributed by atoms with Crippen LogP contribution in [0.4, 0.5) is 0 Å². The van der Waals surface area contributed by atoms with Gasteiger partial charge in [0.1, 0.15) is 5.75 Å². The fourth-order valence-electron chi connectivity index (χ4n) is 4.78. The highest BCUT2D eigenvalue weighted by Crippen LogP contribution is 2.22. The fourth-order valence-corrected chi connectivity index (χ4v) is 5.55. The van der Waals surface area contributed by atoms with Gasteiger partial charge in [0.05, 0.1) is 6.61 Å². The topological polar surface area (TPSA) is 26.3 Å². The van der Waals surface area contributed by atoms with E-state index in [1.165, 1.54) is 101 Å². The molecule has 0 atom stereocenters. The second-order valence-corrected chi connectivity index (χ2v) is 11.9. The molecule has 2 aromatic carbocycles. The van der Waals surface area contributed by atoms with Crippen LogP contribution in [0.25, 0.3) is 6.08 Å². The smallest absolute Gasteiger partial charge is 0.185 e. The van der Waals surface area contributed by atoms with Crippen LogP contribution in [-0.2, 0) is 0 Å². The average Bonchev–Trinajstić information content (AvgIpc) is 2.97. The molecule has 0 aromatic heterocycles. The number of hydrogen-bond donors (Lipinski definition) is 0. The summed E-state index contributed by atoms with van der Waals surface area (Å²) in [6.45, 7) is 5.20. The predicted octanol–water partition coefficient (Wildman–Crippen LogP) is 11.7. The van der Waals surface area contributed by atoms with Crippen LogP contribution in [0.1, 0.15) is 139 Å². The monoisotopic (exact) mass is 550 g/mol. The summed E-state index contributed by atoms with van der Waals surface area (Å²) in [5.74, 6) is 1.98. The molecule has 0 N–H and O–H groups in total. The highest BCUT2D eigenvalue weighted by Gasteiger charge is 2.05. The molecule has 0 heterocycles. The first-order valence-corrected chi connectivity index (χ1v) is 16.9. The Morgan fingerprint density at radius 2 is 1.21 bits per heavy atom. The maximum Gasteiger partial charge on any atom is 0.185 e. The maximum atomic E-state index is 12.6. The van der Waals surface area contributed by atoms with E-state index in [0.29, 0.717) is 0 Å². The number of para-hydroxylation sites is 1. The molecule has 0 saturated carbocycles. The largest absolute Gasteiger partial charge is 0.493 e. The van der Waals surface area contributed by atoms with Crippen molar-refractivity contribution in [3.63, 3.8) is 0 Å². The minimum atomic E-state index is 0.0228. The Morgan fingerprint density at radius 3 is 1.77 bits per heavy atom. The highest BCUT2D eigenvalue weighted by molar-refractivity contribution is 7.99. The average molecular weight is 551 g/mol. The maximum absolute atomic E-state index is 12.6. The van der Waals surface area contributed by atoms with E-state index in [1.54, 1.807) is 6.08 Å². The molecule has 0 fully saturated rings. The molecule has 0 bridgehead atoms. The van der Waals surface area contributed by atoms with Gasteiger partial charge in [0.2, 0.25) is 0 Å². The van der Waals surface area contributed by atoms with Gasteiger partial charge in [-0.25, -0.2) is 0 Å². The van der Waals surface area contributed by atoms with Crippen LogP contribution in [0.2, 0.25) is 0 Å². The van der Waals surface area contributed by atoms with E-state index < -0.39 is 0 Å². The van der Waals surface area contributed by atoms with E-state index >= 15 is 0 Å². The van der Waals surface area contributed by atoms with Gasteiger partial charge in [-0.15, -0.1) is 11.8 Å². The summed E-state index contributed by atoms with van der Waals surface area (Å²) in [5.41, 5.74) is 1.68. The third-order valence-corrected chi connectivity index (χ3v) is 8.42. The first-order chi connectivity index (χ1) is 19.2. The lowest BCUT2D eigenvalue weighted by molar-refractivity contribution is 0.104. The number of allylic oxidation sites excluding steroid dienone is 1. The molecule has 0 aliphatic rings. The van der Waals surface area contributed by atoms with E-state index in [-0.39, 0.29) is 5.78 Å². The summed E-state index contributed by atoms with van der Waals surface area (Å²) < 4.78 is 6.08. The molecular formula is C36H54O2S. The number of carbonyl (C=O) groups is 1. The molecule has 3 heteroatoms. The van der Waals surface area contributed by atoms with E-state index in [2.05, 4.69) is 13.8 Å². The van der Waals surface area contributed by atoms with Gasteiger partial charge < -0.3 is 4.74 Å². The number of ketones is 1. The van der Waals surface area contributed by atoms with Crippen LogP contribution in [0, 0.1) is 0 Å². The van der Waals surface area contributed by atoms with Crippen LogP contribution in [0.3, 0.4) is 0 Å². The summed E-state index contributed by atoms with van der Waals surface area (Å²) in [5, 5.41) is 0. The van der Waals surface area contributed by atoms with E-state index in [0.717, 1.165) is 42.1 Å². The van der Waals surface area contributed by atoms with Crippen LogP contribution < -0.4 is 4.74 Å². The van der Waals surface area contributed by atoms with E-state index in [9.17, 15) is 4.79 Å². The number of hydrogen-bond acceptors (Lipinski definition) is 3. The van der Waals surface area contributed by atoms with Gasteiger partial charge in [-0.3, -0.25) is 4.79 Å². The number of thioether (sulfide) groups is 1. The van der Waals surface area contributed by atoms with Gasteiger partial charge in [-0.2, -0.15) is 0 Å². The predicted molar refractivity (Wildman–Crippen MR) is 172 cm³/mol. The Labute approximate surface area is 244 Å². The number of unbranched alkanes of at least 4 members (excludes halogenated alkanes) is 15. The van der Waals surface area contributed by atoms with Crippen LogP contribution in [0.5, 0.6) is 5.75 Å². The molecule has 2 aromatic rings. The second kappa shape index (κ2) is 22.8. The molecule has 0 amide bonds. The van der Waals surface area contributed by atoms with Crippen molar-refractivity contribution in [3.05, 3.63) is 65.7 Å². The molecule has 39 heavy (non-hydrogen) atoms. The van der Waals surface area contributed by atoms with Gasteiger partial charge in [-0.05, 0) is 61.1 Å². The lowest BCUT2D eigenvalue weighted by Crippen LogP contribution is -1.99. The van der Waals surface area contributed by atoms with Crippen molar-refractivity contribution in [2.24, 2.45) is 0 Å². The molecule has 0 saturated heterocycles. The van der Waals surface area contributed by atoms with Gasteiger partial charge in [0, 0.05) is 16.0 Å². The van der Waals surface area contributed by atoms with Crippen molar-refractivity contribution in [2.75, 3.05) is 12.4 Å². The minimum Gasteiger partial charge on any atom is -0.493 e. The molecule has 0 aliphatic carbocycles. The summed E-state index contributed by atoms with van der Waals surface area (Å²) in [7, 11) is 0. The first kappa shape index (κ1) is 33.2. The standard InChI is InChI=1S/C36H54O2S/c1-3-5-6-7-8-9-10-11-12-13-14-15-16-17-18-21-30-38-36-23-20-19-22-33(36)26-29-35(37)32-24-27-34(28-25-32)39-31-4-2/h19-20,22-29H,3-18,21,30-31H2,1-2H3/b29-26+. The molecule has 2 rings (SSSR count). The van der Waals surface area contributed by atoms with Crippen molar-refractivity contribution in [3.8, 4) is 5.75 Å². The molecule has 216 valence electrons. The van der Waals surface area contributed by atoms with Crippen molar-refractivity contribution < 1.29 is 9.53 Å². The third kappa shape index (κ3) is 16.0. The zero-order chi connectivity index (χ0) is 27.8. The lowest BCUT2D eigenvalue weighted by atomic mass is 10.0. The van der Waals surface area contributed by atoms with E-state index in [4.69, 9.17) is 4.74 Å². The molecule has 0 spiro atoms. The van der Waals surface area contributed by atoms with Gasteiger partial charge >= 0.3 is 0 Å². The molecular weight excluding hydrogens is 496 g/mol. The number of benzene rings is 2. The Hall–Kier alpha value is -2.00. The summed E-state index contributed by atoms with van der Waals surface area (Å²) >= 11 is 1.83. The lowest BCUT2D eigenvalue weighted by Gasteiger charge is -2.09. The van der Waals surface area contributed by atoms with Gasteiger partial charge in [0.15, 0.2) is 5.78 Å². The zero-order valence-electron chi connectivity index (χ0n) is 24.9. The molecule has 0 unspecified atom stereocenters. The summed E-state index contributed by atoms with van der Waals surface area (Å²) in [4.78, 5) is 13.9. The second-order valence-electron chi connectivity index (χ2n) is 10.8. The Balaban J connectivity index is 1.53. The van der Waals surface area contributed by atoms with Crippen LogP contribution in [-0.4, -0.2) is 18.1 Å². The zero-order valence-corrected chi connectivity index (χ0v) is 25.7. The first-order valence-electron chi connectivity index (χ1n) is 15.9. The Morgan fingerprint density at radius 1 is 0.667 bits per heavy atom. The highest BCUT2D eigenvalue weighted by atomic mass is 32.2. The molecule has 2 nitrogen and oxygen atoms in total. The quantitative estimate of drug-likeness (QED) is 0.0562. The van der Waals surface area contributed by atoms with Crippen molar-refractivity contribution in [2.45, 2.75) is 128 Å². The van der Waals surface area contributed by atoms with Crippen LogP contribution >= 0.6 is 11.8 Å². The Kier molecular flexibility index (Phi) is 19.4. The molecule has 0 aliphatic heterocycles. The number of ether oxygens (including phenoxy) is 1. The van der Waals surface area contributed by atoms with Crippen molar-refractivity contribution in [1.29, 1.82) is 0 Å². The summed E-state index contributed by atoms with van der Waals surface area (Å²) in [6, 6.07) is 15.9. The third-order valence-electron chi connectivity index (χ3n) is 7.20. The SMILES string of the molecule is CCCCCCCCCCCCCCCCCCOc1ccccc1/C=C/C(=O)c1ccc(SCCC)cc1. The van der Waals surface area contributed by atoms with Crippen molar-refractivity contribution >= 4 is 23.6 Å². The van der Waals surface area contributed by atoms with Crippen LogP contribution in [0.15, 0.2) is 59.5 Å². The van der Waals surface area contributed by atoms with Gasteiger partial charge in [0.25, 0.3) is 0 Å². The summed E-state index contributed by atoms with van der Waals surface area (Å²) in [6.07, 6.45) is 26.6. The normalized spacial score (nSPS) is 11.3. The minimum absolute atomic E-state index is 0.0228.